The summed E-state index contributed by atoms with van der Waals surface area (Å²) in [6, 6.07) is 17.2. The Bertz CT molecular complexity index is 1110. The Hall–Kier alpha value is -3.23. The van der Waals surface area contributed by atoms with Crippen LogP contribution in [0.1, 0.15) is 18.2 Å². The molecular weight excluding hydrogens is 388 g/mol. The molecule has 2 aromatic carbocycles. The highest BCUT2D eigenvalue weighted by molar-refractivity contribution is 6.32. The molecule has 0 fully saturated rings. The molecule has 0 spiro atoms. The molecule has 0 N–H and O–H groups in total. The van der Waals surface area contributed by atoms with E-state index in [0.29, 0.717) is 23.9 Å². The van der Waals surface area contributed by atoms with Crippen LogP contribution >= 0.6 is 11.6 Å². The summed E-state index contributed by atoms with van der Waals surface area (Å²) in [5.74, 6) is 0.0192. The summed E-state index contributed by atoms with van der Waals surface area (Å²) in [6.45, 7) is 4.91. The largest absolute Gasteiger partial charge is 0.490 e. The number of hydrogen-bond donors (Lipinski definition) is 0. The fraction of sp³-hybridized carbons (Fsp3) is 0.217. The van der Waals surface area contributed by atoms with Gasteiger partial charge >= 0.3 is 5.97 Å². The van der Waals surface area contributed by atoms with Gasteiger partial charge in [0.2, 0.25) is 0 Å². The molecule has 0 atom stereocenters. The van der Waals surface area contributed by atoms with Crippen LogP contribution in [0, 0.1) is 18.3 Å². The molecule has 0 aliphatic rings. The van der Waals surface area contributed by atoms with Crippen molar-refractivity contribution in [2.45, 2.75) is 20.4 Å². The Labute approximate surface area is 174 Å². The molecule has 5 nitrogen and oxygen atoms in total. The van der Waals surface area contributed by atoms with Gasteiger partial charge in [0, 0.05) is 22.2 Å². The standard InChI is InChI=1S/C23H21ClN2O3/c1-3-28-23(27)17(15-25)14-19-16(2)26(21-10-6-4-8-18(19)21)12-13-29-22-11-7-5-9-20(22)24/h4-11,14H,3,12-13H2,1-2H3/b17-14+. The van der Waals surface area contributed by atoms with Gasteiger partial charge in [0.15, 0.2) is 0 Å². The summed E-state index contributed by atoms with van der Waals surface area (Å²) in [5, 5.41) is 10.9. The van der Waals surface area contributed by atoms with Gasteiger partial charge < -0.3 is 14.0 Å². The second kappa shape index (κ2) is 9.31. The van der Waals surface area contributed by atoms with E-state index in [1.807, 2.05) is 55.5 Å². The van der Waals surface area contributed by atoms with Crippen LogP contribution in [0.3, 0.4) is 0 Å². The number of ether oxygens (including phenoxy) is 2. The average molecular weight is 409 g/mol. The average Bonchev–Trinajstić information content (AvgIpc) is 2.99. The fourth-order valence-electron chi connectivity index (χ4n) is 3.23. The van der Waals surface area contributed by atoms with E-state index >= 15 is 0 Å². The zero-order valence-electron chi connectivity index (χ0n) is 16.3. The summed E-state index contributed by atoms with van der Waals surface area (Å²) >= 11 is 6.15. The summed E-state index contributed by atoms with van der Waals surface area (Å²) in [4.78, 5) is 12.0. The quantitative estimate of drug-likeness (QED) is 0.308. The van der Waals surface area contributed by atoms with E-state index in [2.05, 4.69) is 4.57 Å². The third-order valence-electron chi connectivity index (χ3n) is 4.59. The molecular formula is C23H21ClN2O3. The second-order valence-corrected chi connectivity index (χ2v) is 6.74. The van der Waals surface area contributed by atoms with Crippen molar-refractivity contribution >= 4 is 34.5 Å². The summed E-state index contributed by atoms with van der Waals surface area (Å²) in [7, 11) is 0. The molecule has 0 unspecified atom stereocenters. The maximum absolute atomic E-state index is 12.0. The number of aromatic nitrogens is 1. The highest BCUT2D eigenvalue weighted by Crippen LogP contribution is 2.29. The van der Waals surface area contributed by atoms with E-state index in [9.17, 15) is 10.1 Å². The Morgan fingerprint density at radius 1 is 1.21 bits per heavy atom. The highest BCUT2D eigenvalue weighted by Gasteiger charge is 2.16. The second-order valence-electron chi connectivity index (χ2n) is 6.34. The van der Waals surface area contributed by atoms with Crippen molar-refractivity contribution in [1.29, 1.82) is 5.26 Å². The van der Waals surface area contributed by atoms with Crippen LogP contribution in [-0.4, -0.2) is 23.8 Å². The van der Waals surface area contributed by atoms with Crippen LogP contribution in [0.15, 0.2) is 54.1 Å². The smallest absolute Gasteiger partial charge is 0.348 e. The lowest BCUT2D eigenvalue weighted by atomic mass is 10.1. The molecule has 148 valence electrons. The first-order valence-electron chi connectivity index (χ1n) is 9.30. The Kier molecular flexibility index (Phi) is 6.58. The Morgan fingerprint density at radius 2 is 1.93 bits per heavy atom. The molecule has 0 aliphatic carbocycles. The van der Waals surface area contributed by atoms with E-state index < -0.39 is 5.97 Å². The third kappa shape index (κ3) is 4.44. The van der Waals surface area contributed by atoms with Gasteiger partial charge in [-0.15, -0.1) is 0 Å². The summed E-state index contributed by atoms with van der Waals surface area (Å²) in [6.07, 6.45) is 1.60. The fourth-order valence-corrected chi connectivity index (χ4v) is 3.42. The first-order valence-corrected chi connectivity index (χ1v) is 9.68. The number of halogens is 1. The lowest BCUT2D eigenvalue weighted by Crippen LogP contribution is -2.10. The molecule has 6 heteroatoms. The van der Waals surface area contributed by atoms with Crippen LogP contribution in [0.25, 0.3) is 17.0 Å². The molecule has 0 amide bonds. The normalized spacial score (nSPS) is 11.3. The van der Waals surface area contributed by atoms with E-state index in [4.69, 9.17) is 21.1 Å². The van der Waals surface area contributed by atoms with Crippen molar-refractivity contribution in [3.8, 4) is 11.8 Å². The first kappa shape index (κ1) is 20.5. The molecule has 3 rings (SSSR count). The number of benzene rings is 2. The van der Waals surface area contributed by atoms with Gasteiger partial charge in [-0.05, 0) is 38.1 Å². The van der Waals surface area contributed by atoms with Crippen LogP contribution in [-0.2, 0) is 16.1 Å². The minimum Gasteiger partial charge on any atom is -0.490 e. The van der Waals surface area contributed by atoms with Crippen LogP contribution in [0.2, 0.25) is 5.02 Å². The van der Waals surface area contributed by atoms with Crippen molar-refractivity contribution in [2.24, 2.45) is 0 Å². The van der Waals surface area contributed by atoms with E-state index in [1.165, 1.54) is 0 Å². The number of hydrogen-bond acceptors (Lipinski definition) is 4. The minimum absolute atomic E-state index is 0.0230. The van der Waals surface area contributed by atoms with Gasteiger partial charge in [0.05, 0.1) is 18.2 Å². The van der Waals surface area contributed by atoms with Gasteiger partial charge in [0.1, 0.15) is 24.0 Å². The number of rotatable bonds is 7. The maximum Gasteiger partial charge on any atom is 0.348 e. The van der Waals surface area contributed by atoms with Gasteiger partial charge in [-0.3, -0.25) is 0 Å². The molecule has 0 saturated carbocycles. The van der Waals surface area contributed by atoms with Gasteiger partial charge in [-0.1, -0.05) is 41.9 Å². The van der Waals surface area contributed by atoms with Crippen molar-refractivity contribution in [1.82, 2.24) is 4.57 Å². The van der Waals surface area contributed by atoms with Crippen LogP contribution in [0.4, 0.5) is 0 Å². The lowest BCUT2D eigenvalue weighted by Gasteiger charge is -2.11. The van der Waals surface area contributed by atoms with Crippen LogP contribution in [0.5, 0.6) is 5.75 Å². The SMILES string of the molecule is CCOC(=O)/C(C#N)=C/c1c(C)n(CCOc2ccccc2Cl)c2ccccc12. The van der Waals surface area contributed by atoms with Gasteiger partial charge in [-0.25, -0.2) is 4.79 Å². The molecule has 0 bridgehead atoms. The number of esters is 1. The summed E-state index contributed by atoms with van der Waals surface area (Å²) in [5.41, 5.74) is 2.74. The predicted octanol–water partition coefficient (Wildman–Crippen LogP) is 5.15. The zero-order chi connectivity index (χ0) is 20.8. The number of nitriles is 1. The van der Waals surface area contributed by atoms with E-state index in [0.717, 1.165) is 22.2 Å². The number of nitrogens with zero attached hydrogens (tertiary/aromatic N) is 2. The lowest BCUT2D eigenvalue weighted by molar-refractivity contribution is -0.137. The summed E-state index contributed by atoms with van der Waals surface area (Å²) < 4.78 is 12.9. The van der Waals surface area contributed by atoms with Crippen molar-refractivity contribution in [3.05, 3.63) is 70.4 Å². The number of carbonyl (C=O) groups is 1. The van der Waals surface area contributed by atoms with Crippen molar-refractivity contribution < 1.29 is 14.3 Å². The third-order valence-corrected chi connectivity index (χ3v) is 4.91. The number of carbonyl (C=O) groups excluding carboxylic acids is 1. The van der Waals surface area contributed by atoms with Gasteiger partial charge in [0.25, 0.3) is 0 Å². The molecule has 3 aromatic rings. The molecule has 0 saturated heterocycles. The minimum atomic E-state index is -0.617. The topological polar surface area (TPSA) is 64.2 Å². The van der Waals surface area contributed by atoms with Crippen molar-refractivity contribution in [3.63, 3.8) is 0 Å². The molecule has 0 aliphatic heterocycles. The molecule has 0 radical (unpaired) electrons. The van der Waals surface area contributed by atoms with Gasteiger partial charge in [-0.2, -0.15) is 5.26 Å². The monoisotopic (exact) mass is 408 g/mol. The Balaban J connectivity index is 1.93. The molecule has 1 aromatic heterocycles. The molecule has 29 heavy (non-hydrogen) atoms. The first-order chi connectivity index (χ1) is 14.1. The highest BCUT2D eigenvalue weighted by atomic mass is 35.5. The number of para-hydroxylation sites is 2. The number of fused-ring (bicyclic) bond motifs is 1. The van der Waals surface area contributed by atoms with E-state index in [1.54, 1.807) is 19.1 Å². The van der Waals surface area contributed by atoms with Crippen LogP contribution < -0.4 is 4.74 Å². The Morgan fingerprint density at radius 3 is 2.66 bits per heavy atom. The molecule has 1 heterocycles. The van der Waals surface area contributed by atoms with E-state index in [-0.39, 0.29) is 12.2 Å². The zero-order valence-corrected chi connectivity index (χ0v) is 17.1. The maximum atomic E-state index is 12.0. The van der Waals surface area contributed by atoms with Crippen molar-refractivity contribution in [2.75, 3.05) is 13.2 Å². The predicted molar refractivity (Wildman–Crippen MR) is 114 cm³/mol.